The maximum Gasteiger partial charge on any atom is 0.122 e. The van der Waals surface area contributed by atoms with Crippen molar-refractivity contribution in [2.75, 3.05) is 13.2 Å². The molecule has 1 aromatic carbocycles. The minimum Gasteiger partial charge on any atom is -0.493 e. The molecule has 0 bridgehead atoms. The molecule has 2 rings (SSSR count). The van der Waals surface area contributed by atoms with Crippen LogP contribution in [-0.2, 0) is 6.42 Å². The maximum absolute atomic E-state index is 5.61. The van der Waals surface area contributed by atoms with Gasteiger partial charge < -0.3 is 10.5 Å². The third-order valence-corrected chi connectivity index (χ3v) is 2.83. The molecule has 0 aliphatic carbocycles. The summed E-state index contributed by atoms with van der Waals surface area (Å²) in [6.45, 7) is 1.46. The Hall–Kier alpha value is -0.540. The Labute approximate surface area is 86.2 Å². The largest absolute Gasteiger partial charge is 0.493 e. The van der Waals surface area contributed by atoms with Gasteiger partial charge in [-0.25, -0.2) is 0 Å². The van der Waals surface area contributed by atoms with Crippen LogP contribution in [0.5, 0.6) is 5.75 Å². The molecule has 0 unspecified atom stereocenters. The average molecular weight is 242 g/mol. The van der Waals surface area contributed by atoms with Gasteiger partial charge >= 0.3 is 0 Å². The zero-order valence-corrected chi connectivity index (χ0v) is 8.88. The van der Waals surface area contributed by atoms with Gasteiger partial charge in [0.05, 0.1) is 6.61 Å². The van der Waals surface area contributed by atoms with E-state index in [1.165, 1.54) is 5.56 Å². The lowest BCUT2D eigenvalue weighted by Crippen LogP contribution is -2.27. The molecule has 70 valence electrons. The molecule has 0 radical (unpaired) electrons. The number of benzene rings is 1. The van der Waals surface area contributed by atoms with E-state index >= 15 is 0 Å². The topological polar surface area (TPSA) is 35.2 Å². The van der Waals surface area contributed by atoms with E-state index in [1.54, 1.807) is 0 Å². The molecule has 2 nitrogen and oxygen atoms in total. The smallest absolute Gasteiger partial charge is 0.122 e. The van der Waals surface area contributed by atoms with Crippen LogP contribution in [0.3, 0.4) is 0 Å². The third kappa shape index (κ3) is 1.86. The van der Waals surface area contributed by atoms with E-state index in [4.69, 9.17) is 10.5 Å². The van der Waals surface area contributed by atoms with Gasteiger partial charge in [0.25, 0.3) is 0 Å². The maximum atomic E-state index is 5.61. The van der Waals surface area contributed by atoms with Crippen molar-refractivity contribution < 1.29 is 4.74 Å². The fourth-order valence-electron chi connectivity index (χ4n) is 1.58. The van der Waals surface area contributed by atoms with E-state index in [1.807, 2.05) is 12.1 Å². The highest BCUT2D eigenvalue weighted by atomic mass is 79.9. The van der Waals surface area contributed by atoms with Crippen LogP contribution in [0, 0.1) is 5.92 Å². The van der Waals surface area contributed by atoms with E-state index < -0.39 is 0 Å². The molecule has 1 atom stereocenters. The molecule has 0 spiro atoms. The summed E-state index contributed by atoms with van der Waals surface area (Å²) in [7, 11) is 0. The highest BCUT2D eigenvalue weighted by Crippen LogP contribution is 2.29. The number of fused-ring (bicyclic) bond motifs is 1. The molecule has 0 amide bonds. The van der Waals surface area contributed by atoms with Crippen molar-refractivity contribution in [1.29, 1.82) is 0 Å². The number of halogens is 1. The molecule has 0 fully saturated rings. The highest BCUT2D eigenvalue weighted by molar-refractivity contribution is 9.10. The first-order valence-electron chi connectivity index (χ1n) is 4.41. The van der Waals surface area contributed by atoms with Gasteiger partial charge in [-0.05, 0) is 36.7 Å². The highest BCUT2D eigenvalue weighted by Gasteiger charge is 2.18. The Morgan fingerprint density at radius 1 is 1.54 bits per heavy atom. The molecular formula is C10H12BrNO. The van der Waals surface area contributed by atoms with Gasteiger partial charge in [-0.15, -0.1) is 0 Å². The second-order valence-corrected chi connectivity index (χ2v) is 4.28. The summed E-state index contributed by atoms with van der Waals surface area (Å²) in [6, 6.07) is 6.12. The van der Waals surface area contributed by atoms with Crippen molar-refractivity contribution in [3.63, 3.8) is 0 Å². The van der Waals surface area contributed by atoms with Crippen LogP contribution in [0.4, 0.5) is 0 Å². The second-order valence-electron chi connectivity index (χ2n) is 3.37. The van der Waals surface area contributed by atoms with Crippen molar-refractivity contribution in [3.8, 4) is 5.75 Å². The van der Waals surface area contributed by atoms with Gasteiger partial charge in [-0.1, -0.05) is 15.9 Å². The van der Waals surface area contributed by atoms with Crippen molar-refractivity contribution in [2.24, 2.45) is 11.7 Å². The fraction of sp³-hybridized carbons (Fsp3) is 0.400. The molecule has 1 aliphatic heterocycles. The standard InChI is InChI=1S/C10H12BrNO/c11-9-1-2-10-8(4-9)3-7(5-12)6-13-10/h1-2,4,7H,3,5-6,12H2/t7-/m1/s1. The summed E-state index contributed by atoms with van der Waals surface area (Å²) in [5.74, 6) is 1.48. The van der Waals surface area contributed by atoms with Crippen LogP contribution >= 0.6 is 15.9 Å². The molecular weight excluding hydrogens is 230 g/mol. The van der Waals surface area contributed by atoms with Crippen LogP contribution in [0.1, 0.15) is 5.56 Å². The Kier molecular flexibility index (Phi) is 2.56. The van der Waals surface area contributed by atoms with Crippen molar-refractivity contribution in [1.82, 2.24) is 0 Å². The SMILES string of the molecule is NC[C@@H]1COc2ccc(Br)cc2C1. The summed E-state index contributed by atoms with van der Waals surface area (Å²) in [4.78, 5) is 0. The molecule has 1 aliphatic rings. The van der Waals surface area contributed by atoms with Gasteiger partial charge in [0.15, 0.2) is 0 Å². The second kappa shape index (κ2) is 3.68. The van der Waals surface area contributed by atoms with Gasteiger partial charge in [-0.3, -0.25) is 0 Å². The third-order valence-electron chi connectivity index (χ3n) is 2.34. The minimum atomic E-state index is 0.474. The van der Waals surface area contributed by atoms with Crippen LogP contribution in [-0.4, -0.2) is 13.2 Å². The molecule has 2 N–H and O–H groups in total. The molecule has 1 aromatic rings. The van der Waals surface area contributed by atoms with Crippen molar-refractivity contribution >= 4 is 15.9 Å². The zero-order chi connectivity index (χ0) is 9.26. The predicted molar refractivity (Wildman–Crippen MR) is 55.9 cm³/mol. The lowest BCUT2D eigenvalue weighted by molar-refractivity contribution is 0.226. The van der Waals surface area contributed by atoms with E-state index in [0.717, 1.165) is 23.2 Å². The minimum absolute atomic E-state index is 0.474. The van der Waals surface area contributed by atoms with Gasteiger partial charge in [0, 0.05) is 10.4 Å². The van der Waals surface area contributed by atoms with E-state index in [-0.39, 0.29) is 0 Å². The normalized spacial score (nSPS) is 20.6. The van der Waals surface area contributed by atoms with Crippen LogP contribution in [0.15, 0.2) is 22.7 Å². The summed E-state index contributed by atoms with van der Waals surface area (Å²) >= 11 is 3.45. The lowest BCUT2D eigenvalue weighted by atomic mass is 9.97. The van der Waals surface area contributed by atoms with Gasteiger partial charge in [0.2, 0.25) is 0 Å². The first-order chi connectivity index (χ1) is 6.29. The monoisotopic (exact) mass is 241 g/mol. The quantitative estimate of drug-likeness (QED) is 0.816. The number of hydrogen-bond donors (Lipinski definition) is 1. The molecule has 13 heavy (non-hydrogen) atoms. The van der Waals surface area contributed by atoms with Crippen molar-refractivity contribution in [2.45, 2.75) is 6.42 Å². The first kappa shape index (κ1) is 9.03. The number of ether oxygens (including phenoxy) is 1. The van der Waals surface area contributed by atoms with Crippen LogP contribution in [0.25, 0.3) is 0 Å². The van der Waals surface area contributed by atoms with Crippen LogP contribution in [0.2, 0.25) is 0 Å². The number of rotatable bonds is 1. The van der Waals surface area contributed by atoms with Crippen LogP contribution < -0.4 is 10.5 Å². The summed E-state index contributed by atoms with van der Waals surface area (Å²) < 4.78 is 6.69. The Balaban J connectivity index is 2.27. The molecule has 0 saturated heterocycles. The van der Waals surface area contributed by atoms with E-state index in [9.17, 15) is 0 Å². The number of nitrogens with two attached hydrogens (primary N) is 1. The lowest BCUT2D eigenvalue weighted by Gasteiger charge is -2.24. The zero-order valence-electron chi connectivity index (χ0n) is 7.29. The fourth-order valence-corrected chi connectivity index (χ4v) is 1.99. The average Bonchev–Trinajstić information content (AvgIpc) is 2.16. The summed E-state index contributed by atoms with van der Waals surface area (Å²) in [5, 5.41) is 0. The van der Waals surface area contributed by atoms with Gasteiger partial charge in [0.1, 0.15) is 5.75 Å². The van der Waals surface area contributed by atoms with E-state index in [0.29, 0.717) is 12.5 Å². The molecule has 1 heterocycles. The predicted octanol–water partition coefficient (Wildman–Crippen LogP) is 1.96. The molecule has 0 saturated carbocycles. The Morgan fingerprint density at radius 3 is 3.15 bits per heavy atom. The number of hydrogen-bond acceptors (Lipinski definition) is 2. The Bertz CT molecular complexity index is 314. The van der Waals surface area contributed by atoms with E-state index in [2.05, 4.69) is 22.0 Å². The van der Waals surface area contributed by atoms with Crippen molar-refractivity contribution in [3.05, 3.63) is 28.2 Å². The Morgan fingerprint density at radius 2 is 2.38 bits per heavy atom. The summed E-state index contributed by atoms with van der Waals surface area (Å²) in [6.07, 6.45) is 1.03. The molecule has 0 aromatic heterocycles. The molecule has 3 heteroatoms. The van der Waals surface area contributed by atoms with Gasteiger partial charge in [-0.2, -0.15) is 0 Å². The summed E-state index contributed by atoms with van der Waals surface area (Å²) in [5.41, 5.74) is 6.87. The first-order valence-corrected chi connectivity index (χ1v) is 5.20.